The normalized spacial score (nSPS) is 13.1. The third-order valence-corrected chi connectivity index (χ3v) is 3.32. The molecule has 0 amide bonds. The van der Waals surface area contributed by atoms with Crippen LogP contribution in [0.2, 0.25) is 0 Å². The van der Waals surface area contributed by atoms with Crippen molar-refractivity contribution in [3.8, 4) is 0 Å². The first-order valence-electron chi connectivity index (χ1n) is 5.65. The van der Waals surface area contributed by atoms with E-state index in [1.807, 2.05) is 0 Å². The minimum Gasteiger partial charge on any atom is -0.391 e. The van der Waals surface area contributed by atoms with Gasteiger partial charge >= 0.3 is 0 Å². The Balaban J connectivity index is 2.49. The fourth-order valence-corrected chi connectivity index (χ4v) is 1.91. The summed E-state index contributed by atoms with van der Waals surface area (Å²) in [6.45, 7) is 6.86. The monoisotopic (exact) mass is 285 g/mol. The molecule has 1 atom stereocenters. The number of aliphatic hydroxyl groups is 1. The van der Waals surface area contributed by atoms with Gasteiger partial charge in [0, 0.05) is 17.1 Å². The van der Waals surface area contributed by atoms with Gasteiger partial charge in [-0.2, -0.15) is 0 Å². The smallest absolute Gasteiger partial charge is 0.0704 e. The lowest BCUT2D eigenvalue weighted by molar-refractivity contribution is 0.169. The lowest BCUT2D eigenvalue weighted by atomic mass is 10.1. The van der Waals surface area contributed by atoms with Crippen molar-refractivity contribution in [2.45, 2.75) is 39.3 Å². The van der Waals surface area contributed by atoms with Gasteiger partial charge in [-0.1, -0.05) is 41.9 Å². The Morgan fingerprint density at radius 2 is 2.06 bits per heavy atom. The summed E-state index contributed by atoms with van der Waals surface area (Å²) in [5, 5.41) is 13.1. The van der Waals surface area contributed by atoms with Crippen molar-refractivity contribution >= 4 is 15.9 Å². The Hall–Kier alpha value is -0.380. The fraction of sp³-hybridized carbons (Fsp3) is 0.538. The minimum atomic E-state index is -0.322. The van der Waals surface area contributed by atoms with E-state index in [1.54, 1.807) is 0 Å². The molecule has 90 valence electrons. The average molecular weight is 286 g/mol. The van der Waals surface area contributed by atoms with Crippen LogP contribution in [0.4, 0.5) is 0 Å². The summed E-state index contributed by atoms with van der Waals surface area (Å²) in [6, 6.07) is 6.63. The summed E-state index contributed by atoms with van der Waals surface area (Å²) < 4.78 is 1.11. The van der Waals surface area contributed by atoms with Crippen LogP contribution in [0.15, 0.2) is 22.7 Å². The van der Waals surface area contributed by atoms with Crippen LogP contribution < -0.4 is 5.32 Å². The maximum atomic E-state index is 9.83. The molecule has 0 spiro atoms. The number of hydrogen-bond acceptors (Lipinski definition) is 2. The van der Waals surface area contributed by atoms with Crippen molar-refractivity contribution in [3.63, 3.8) is 0 Å². The van der Waals surface area contributed by atoms with E-state index in [2.05, 4.69) is 60.2 Å². The van der Waals surface area contributed by atoms with E-state index in [0.717, 1.165) is 10.0 Å². The predicted molar refractivity (Wildman–Crippen MR) is 71.7 cm³/mol. The molecule has 0 heterocycles. The Labute approximate surface area is 106 Å². The molecule has 0 saturated heterocycles. The zero-order valence-electron chi connectivity index (χ0n) is 10.1. The highest BCUT2D eigenvalue weighted by atomic mass is 79.9. The second-order valence-electron chi connectivity index (χ2n) is 4.50. The van der Waals surface area contributed by atoms with E-state index in [4.69, 9.17) is 0 Å². The molecule has 2 N–H and O–H groups in total. The van der Waals surface area contributed by atoms with Gasteiger partial charge < -0.3 is 10.4 Å². The van der Waals surface area contributed by atoms with Gasteiger partial charge in [0.2, 0.25) is 0 Å². The molecule has 0 fully saturated rings. The molecule has 0 aliphatic heterocycles. The molecule has 1 rings (SSSR count). The van der Waals surface area contributed by atoms with Gasteiger partial charge in [-0.25, -0.2) is 0 Å². The van der Waals surface area contributed by atoms with Crippen molar-refractivity contribution in [3.05, 3.63) is 33.8 Å². The fourth-order valence-electron chi connectivity index (χ4n) is 1.48. The summed E-state index contributed by atoms with van der Waals surface area (Å²) in [4.78, 5) is 0. The molecule has 0 radical (unpaired) electrons. The Morgan fingerprint density at radius 1 is 1.38 bits per heavy atom. The third-order valence-electron chi connectivity index (χ3n) is 2.47. The summed E-state index contributed by atoms with van der Waals surface area (Å²) in [7, 11) is 0. The van der Waals surface area contributed by atoms with Gasteiger partial charge in [-0.3, -0.25) is 0 Å². The molecule has 0 aliphatic rings. The van der Waals surface area contributed by atoms with Crippen molar-refractivity contribution in [2.24, 2.45) is 0 Å². The first kappa shape index (κ1) is 13.7. The van der Waals surface area contributed by atoms with Crippen LogP contribution in [0.5, 0.6) is 0 Å². The maximum Gasteiger partial charge on any atom is 0.0704 e. The van der Waals surface area contributed by atoms with Gasteiger partial charge in [0.15, 0.2) is 0 Å². The Bertz CT molecular complexity index is 339. The van der Waals surface area contributed by atoms with E-state index < -0.39 is 0 Å². The summed E-state index contributed by atoms with van der Waals surface area (Å²) >= 11 is 3.50. The molecule has 0 bridgehead atoms. The SMILES string of the molecule is Cc1ccc(CC(O)CNC(C)C)cc1Br. The quantitative estimate of drug-likeness (QED) is 0.872. The number of halogens is 1. The molecule has 0 saturated carbocycles. The largest absolute Gasteiger partial charge is 0.391 e. The zero-order chi connectivity index (χ0) is 12.1. The van der Waals surface area contributed by atoms with Crippen LogP contribution in [0.1, 0.15) is 25.0 Å². The molecule has 0 aromatic heterocycles. The van der Waals surface area contributed by atoms with Crippen molar-refractivity contribution in [2.75, 3.05) is 6.54 Å². The van der Waals surface area contributed by atoms with Crippen LogP contribution in [-0.4, -0.2) is 23.8 Å². The number of aliphatic hydroxyl groups excluding tert-OH is 1. The third kappa shape index (κ3) is 4.64. The number of benzene rings is 1. The van der Waals surface area contributed by atoms with Crippen molar-refractivity contribution in [1.29, 1.82) is 0 Å². The van der Waals surface area contributed by atoms with E-state index in [-0.39, 0.29) is 6.10 Å². The lowest BCUT2D eigenvalue weighted by Crippen LogP contribution is -2.33. The van der Waals surface area contributed by atoms with Crippen LogP contribution in [-0.2, 0) is 6.42 Å². The molecule has 16 heavy (non-hydrogen) atoms. The number of nitrogens with one attached hydrogen (secondary N) is 1. The Kier molecular flexibility index (Phi) is 5.46. The van der Waals surface area contributed by atoms with Crippen molar-refractivity contribution < 1.29 is 5.11 Å². The summed E-state index contributed by atoms with van der Waals surface area (Å²) in [5.74, 6) is 0. The molecule has 0 aliphatic carbocycles. The lowest BCUT2D eigenvalue weighted by Gasteiger charge is -2.14. The van der Waals surface area contributed by atoms with Crippen molar-refractivity contribution in [1.82, 2.24) is 5.32 Å². The van der Waals surface area contributed by atoms with E-state index in [0.29, 0.717) is 19.0 Å². The molecule has 1 aromatic carbocycles. The maximum absolute atomic E-state index is 9.83. The highest BCUT2D eigenvalue weighted by molar-refractivity contribution is 9.10. The van der Waals surface area contributed by atoms with Crippen LogP contribution in [0, 0.1) is 6.92 Å². The summed E-state index contributed by atoms with van der Waals surface area (Å²) in [5.41, 5.74) is 2.38. The molecule has 1 aromatic rings. The summed E-state index contributed by atoms with van der Waals surface area (Å²) in [6.07, 6.45) is 0.371. The Morgan fingerprint density at radius 3 is 2.62 bits per heavy atom. The number of hydrogen-bond donors (Lipinski definition) is 2. The van der Waals surface area contributed by atoms with Gasteiger partial charge in [-0.15, -0.1) is 0 Å². The first-order valence-corrected chi connectivity index (χ1v) is 6.45. The van der Waals surface area contributed by atoms with Crippen LogP contribution >= 0.6 is 15.9 Å². The zero-order valence-corrected chi connectivity index (χ0v) is 11.7. The van der Waals surface area contributed by atoms with E-state index in [9.17, 15) is 5.11 Å². The molecular weight excluding hydrogens is 266 g/mol. The van der Waals surface area contributed by atoms with Gasteiger partial charge in [0.05, 0.1) is 6.10 Å². The highest BCUT2D eigenvalue weighted by Crippen LogP contribution is 2.18. The minimum absolute atomic E-state index is 0.322. The molecule has 2 nitrogen and oxygen atoms in total. The topological polar surface area (TPSA) is 32.3 Å². The average Bonchev–Trinajstić information content (AvgIpc) is 2.21. The molecule has 1 unspecified atom stereocenters. The van der Waals surface area contributed by atoms with Gasteiger partial charge in [0.1, 0.15) is 0 Å². The highest BCUT2D eigenvalue weighted by Gasteiger charge is 2.07. The van der Waals surface area contributed by atoms with Crippen LogP contribution in [0.25, 0.3) is 0 Å². The number of rotatable bonds is 5. The molecular formula is C13H20BrNO. The second kappa shape index (κ2) is 6.38. The van der Waals surface area contributed by atoms with Crippen LogP contribution in [0.3, 0.4) is 0 Å². The van der Waals surface area contributed by atoms with E-state index in [1.165, 1.54) is 5.56 Å². The predicted octanol–water partition coefficient (Wildman–Crippen LogP) is 2.66. The van der Waals surface area contributed by atoms with E-state index >= 15 is 0 Å². The first-order chi connectivity index (χ1) is 7.49. The molecule has 3 heteroatoms. The standard InChI is InChI=1S/C13H20BrNO/c1-9(2)15-8-12(16)6-11-5-4-10(3)13(14)7-11/h4-5,7,9,12,15-16H,6,8H2,1-3H3. The number of aryl methyl sites for hydroxylation is 1. The second-order valence-corrected chi connectivity index (χ2v) is 5.36. The van der Waals surface area contributed by atoms with Gasteiger partial charge in [0.25, 0.3) is 0 Å². The van der Waals surface area contributed by atoms with Gasteiger partial charge in [-0.05, 0) is 30.5 Å².